The molecule has 0 aliphatic rings. The summed E-state index contributed by atoms with van der Waals surface area (Å²) >= 11 is 6.39. The zero-order valence-electron chi connectivity index (χ0n) is 13.8. The lowest BCUT2D eigenvalue weighted by atomic mass is 10.1. The second kappa shape index (κ2) is 9.43. The molecule has 2 rings (SSSR count). The van der Waals surface area contributed by atoms with Crippen LogP contribution in [-0.4, -0.2) is 13.2 Å². The summed E-state index contributed by atoms with van der Waals surface area (Å²) in [6.45, 7) is 6.77. The number of halogens is 1. The summed E-state index contributed by atoms with van der Waals surface area (Å²) in [6, 6.07) is 14.1. The first-order chi connectivity index (χ1) is 11.2. The maximum absolute atomic E-state index is 6.39. The Morgan fingerprint density at radius 3 is 2.39 bits per heavy atom. The van der Waals surface area contributed by atoms with Crippen molar-refractivity contribution in [3.63, 3.8) is 0 Å². The van der Waals surface area contributed by atoms with Gasteiger partial charge in [0.05, 0.1) is 13.2 Å². The van der Waals surface area contributed by atoms with Gasteiger partial charge in [0.1, 0.15) is 0 Å². The second-order valence-corrected chi connectivity index (χ2v) is 5.67. The number of hydrogen-bond acceptors (Lipinski definition) is 3. The molecule has 0 aliphatic carbocycles. The van der Waals surface area contributed by atoms with E-state index in [1.54, 1.807) is 0 Å². The van der Waals surface area contributed by atoms with Crippen molar-refractivity contribution in [2.75, 3.05) is 13.2 Å². The summed E-state index contributed by atoms with van der Waals surface area (Å²) in [5.41, 5.74) is 2.26. The largest absolute Gasteiger partial charge is 0.490 e. The molecule has 23 heavy (non-hydrogen) atoms. The Morgan fingerprint density at radius 1 is 0.957 bits per heavy atom. The number of benzene rings is 2. The average Bonchev–Trinajstić information content (AvgIpc) is 2.57. The molecule has 4 heteroatoms. The van der Waals surface area contributed by atoms with E-state index in [1.165, 1.54) is 5.56 Å². The summed E-state index contributed by atoms with van der Waals surface area (Å²) in [7, 11) is 0. The highest BCUT2D eigenvalue weighted by Crippen LogP contribution is 2.33. The molecule has 0 bridgehead atoms. The third-order valence-electron chi connectivity index (χ3n) is 3.36. The van der Waals surface area contributed by atoms with E-state index in [9.17, 15) is 0 Å². The Bertz CT molecular complexity index is 602. The Morgan fingerprint density at radius 2 is 1.70 bits per heavy atom. The lowest BCUT2D eigenvalue weighted by Crippen LogP contribution is -2.13. The van der Waals surface area contributed by atoms with Gasteiger partial charge in [-0.05, 0) is 30.5 Å². The van der Waals surface area contributed by atoms with E-state index in [-0.39, 0.29) is 0 Å². The Hall–Kier alpha value is -1.71. The topological polar surface area (TPSA) is 30.5 Å². The normalized spacial score (nSPS) is 10.6. The molecule has 0 atom stereocenters. The van der Waals surface area contributed by atoms with Crippen molar-refractivity contribution >= 4 is 11.6 Å². The van der Waals surface area contributed by atoms with Crippen LogP contribution in [0.2, 0.25) is 5.02 Å². The van der Waals surface area contributed by atoms with E-state index in [4.69, 9.17) is 21.1 Å². The molecule has 0 radical (unpaired) electrons. The zero-order valence-corrected chi connectivity index (χ0v) is 14.5. The fraction of sp³-hybridized carbons (Fsp3) is 0.368. The molecular formula is C19H24ClNO2. The van der Waals surface area contributed by atoms with E-state index < -0.39 is 0 Å². The van der Waals surface area contributed by atoms with Crippen molar-refractivity contribution in [3.05, 3.63) is 58.6 Å². The molecule has 2 aromatic rings. The van der Waals surface area contributed by atoms with Crippen molar-refractivity contribution in [3.8, 4) is 11.5 Å². The predicted octanol–water partition coefficient (Wildman–Crippen LogP) is 4.82. The number of hydrogen-bond donors (Lipinski definition) is 1. The zero-order chi connectivity index (χ0) is 16.5. The van der Waals surface area contributed by atoms with Crippen molar-refractivity contribution in [2.24, 2.45) is 0 Å². The van der Waals surface area contributed by atoms with Gasteiger partial charge in [0.2, 0.25) is 0 Å². The molecule has 0 aliphatic heterocycles. The van der Waals surface area contributed by atoms with Crippen LogP contribution in [0.3, 0.4) is 0 Å². The summed E-state index contributed by atoms with van der Waals surface area (Å²) in [4.78, 5) is 0. The van der Waals surface area contributed by atoms with Gasteiger partial charge in [-0.15, -0.1) is 0 Å². The van der Waals surface area contributed by atoms with Crippen LogP contribution in [-0.2, 0) is 13.1 Å². The third kappa shape index (κ3) is 5.45. The summed E-state index contributed by atoms with van der Waals surface area (Å²) in [6.07, 6.45) is 0.948. The predicted molar refractivity (Wildman–Crippen MR) is 95.4 cm³/mol. The smallest absolute Gasteiger partial charge is 0.162 e. The quantitative estimate of drug-likeness (QED) is 0.713. The highest BCUT2D eigenvalue weighted by Gasteiger charge is 2.11. The van der Waals surface area contributed by atoms with Crippen LogP contribution < -0.4 is 14.8 Å². The molecule has 0 aromatic heterocycles. The molecular weight excluding hydrogens is 310 g/mol. The Balaban J connectivity index is 2.04. The Labute approximate surface area is 143 Å². The van der Waals surface area contributed by atoms with Gasteiger partial charge in [0.25, 0.3) is 0 Å². The molecule has 0 unspecified atom stereocenters. The monoisotopic (exact) mass is 333 g/mol. The first-order valence-corrected chi connectivity index (χ1v) is 8.45. The molecule has 0 saturated carbocycles. The third-order valence-corrected chi connectivity index (χ3v) is 3.71. The summed E-state index contributed by atoms with van der Waals surface area (Å²) in [5.74, 6) is 1.47. The molecule has 3 nitrogen and oxygen atoms in total. The minimum Gasteiger partial charge on any atom is -0.490 e. The molecule has 0 heterocycles. The van der Waals surface area contributed by atoms with Crippen molar-refractivity contribution in [1.29, 1.82) is 0 Å². The molecule has 2 aromatic carbocycles. The molecule has 0 spiro atoms. The van der Waals surface area contributed by atoms with Gasteiger partial charge in [-0.1, -0.05) is 48.9 Å². The molecule has 0 saturated heterocycles. The van der Waals surface area contributed by atoms with E-state index in [1.807, 2.05) is 37.3 Å². The highest BCUT2D eigenvalue weighted by atomic mass is 35.5. The van der Waals surface area contributed by atoms with Gasteiger partial charge < -0.3 is 14.8 Å². The minimum atomic E-state index is 0.598. The fourth-order valence-corrected chi connectivity index (χ4v) is 2.46. The van der Waals surface area contributed by atoms with E-state index in [0.29, 0.717) is 30.5 Å². The molecule has 0 amide bonds. The van der Waals surface area contributed by atoms with E-state index in [2.05, 4.69) is 24.4 Å². The van der Waals surface area contributed by atoms with Gasteiger partial charge in [-0.3, -0.25) is 0 Å². The average molecular weight is 334 g/mol. The van der Waals surface area contributed by atoms with Gasteiger partial charge in [-0.2, -0.15) is 0 Å². The van der Waals surface area contributed by atoms with Gasteiger partial charge >= 0.3 is 0 Å². The van der Waals surface area contributed by atoms with Crippen LogP contribution in [0, 0.1) is 0 Å². The van der Waals surface area contributed by atoms with Crippen molar-refractivity contribution < 1.29 is 9.47 Å². The van der Waals surface area contributed by atoms with E-state index in [0.717, 1.165) is 24.3 Å². The summed E-state index contributed by atoms with van der Waals surface area (Å²) in [5, 5.41) is 4.10. The Kier molecular flexibility index (Phi) is 7.24. The van der Waals surface area contributed by atoms with Gasteiger partial charge in [-0.25, -0.2) is 0 Å². The molecule has 1 N–H and O–H groups in total. The van der Waals surface area contributed by atoms with Crippen LogP contribution >= 0.6 is 11.6 Å². The van der Waals surface area contributed by atoms with Crippen LogP contribution in [0.15, 0.2) is 42.5 Å². The SMILES string of the molecule is CCCOc1cc(Cl)c(CNCc2ccccc2)cc1OCC. The molecule has 0 fully saturated rings. The minimum absolute atomic E-state index is 0.598. The van der Waals surface area contributed by atoms with Crippen LogP contribution in [0.5, 0.6) is 11.5 Å². The van der Waals surface area contributed by atoms with E-state index >= 15 is 0 Å². The fourth-order valence-electron chi connectivity index (χ4n) is 2.24. The number of ether oxygens (including phenoxy) is 2. The maximum atomic E-state index is 6.39. The highest BCUT2D eigenvalue weighted by molar-refractivity contribution is 6.31. The second-order valence-electron chi connectivity index (χ2n) is 5.26. The first-order valence-electron chi connectivity index (χ1n) is 8.07. The van der Waals surface area contributed by atoms with Gasteiger partial charge in [0, 0.05) is 24.2 Å². The van der Waals surface area contributed by atoms with Crippen molar-refractivity contribution in [1.82, 2.24) is 5.32 Å². The van der Waals surface area contributed by atoms with Crippen LogP contribution in [0.25, 0.3) is 0 Å². The number of rotatable bonds is 9. The molecule has 124 valence electrons. The van der Waals surface area contributed by atoms with Crippen LogP contribution in [0.1, 0.15) is 31.4 Å². The van der Waals surface area contributed by atoms with Crippen molar-refractivity contribution in [2.45, 2.75) is 33.4 Å². The standard InChI is InChI=1S/C19H24ClNO2/c1-3-10-23-19-12-17(20)16(11-18(19)22-4-2)14-21-13-15-8-6-5-7-9-15/h5-9,11-12,21H,3-4,10,13-14H2,1-2H3. The van der Waals surface area contributed by atoms with Gasteiger partial charge in [0.15, 0.2) is 11.5 Å². The lowest BCUT2D eigenvalue weighted by Gasteiger charge is -2.15. The summed E-state index contributed by atoms with van der Waals surface area (Å²) < 4.78 is 11.4. The first kappa shape index (κ1) is 17.6. The lowest BCUT2D eigenvalue weighted by molar-refractivity contribution is 0.276. The van der Waals surface area contributed by atoms with Crippen LogP contribution in [0.4, 0.5) is 0 Å². The number of nitrogens with one attached hydrogen (secondary N) is 1. The maximum Gasteiger partial charge on any atom is 0.162 e.